The zero-order chi connectivity index (χ0) is 8.15. The predicted molar refractivity (Wildman–Crippen MR) is 34.8 cm³/mol. The zero-order valence-corrected chi connectivity index (χ0v) is 5.63. The summed E-state index contributed by atoms with van der Waals surface area (Å²) in [5, 5.41) is 6.82. The van der Waals surface area contributed by atoms with Gasteiger partial charge in [0.2, 0.25) is 0 Å². The van der Waals surface area contributed by atoms with Crippen molar-refractivity contribution in [2.45, 2.75) is 0 Å². The SMILES string of the molecule is CN(CC(=O)ON)C(=N)N. The van der Waals surface area contributed by atoms with Gasteiger partial charge in [0.1, 0.15) is 6.54 Å². The topological polar surface area (TPSA) is 105 Å². The van der Waals surface area contributed by atoms with Crippen LogP contribution in [0.3, 0.4) is 0 Å². The lowest BCUT2D eigenvalue weighted by Gasteiger charge is -2.13. The molecule has 0 bridgehead atoms. The van der Waals surface area contributed by atoms with Crippen LogP contribution in [-0.4, -0.2) is 30.4 Å². The van der Waals surface area contributed by atoms with Crippen molar-refractivity contribution >= 4 is 11.9 Å². The van der Waals surface area contributed by atoms with E-state index in [0.29, 0.717) is 0 Å². The van der Waals surface area contributed by atoms with Crippen molar-refractivity contribution < 1.29 is 9.63 Å². The van der Waals surface area contributed by atoms with Crippen LogP contribution in [0.25, 0.3) is 0 Å². The van der Waals surface area contributed by atoms with Gasteiger partial charge in [-0.1, -0.05) is 0 Å². The van der Waals surface area contributed by atoms with Crippen LogP contribution >= 0.6 is 0 Å². The average molecular weight is 146 g/mol. The lowest BCUT2D eigenvalue weighted by molar-refractivity contribution is -0.144. The van der Waals surface area contributed by atoms with Crippen LogP contribution in [0.1, 0.15) is 0 Å². The third-order valence-electron chi connectivity index (χ3n) is 0.909. The van der Waals surface area contributed by atoms with Gasteiger partial charge in [-0.25, -0.2) is 4.79 Å². The smallest absolute Gasteiger partial charge is 0.344 e. The van der Waals surface area contributed by atoms with Crippen LogP contribution in [-0.2, 0) is 9.63 Å². The second-order valence-electron chi connectivity index (χ2n) is 1.73. The number of hydrogen-bond acceptors (Lipinski definition) is 4. The van der Waals surface area contributed by atoms with Gasteiger partial charge in [-0.3, -0.25) is 5.41 Å². The molecule has 10 heavy (non-hydrogen) atoms. The van der Waals surface area contributed by atoms with E-state index < -0.39 is 5.97 Å². The van der Waals surface area contributed by atoms with Gasteiger partial charge >= 0.3 is 5.97 Å². The van der Waals surface area contributed by atoms with E-state index in [1.807, 2.05) is 0 Å². The van der Waals surface area contributed by atoms with E-state index in [4.69, 9.17) is 11.1 Å². The zero-order valence-electron chi connectivity index (χ0n) is 5.63. The quantitative estimate of drug-likeness (QED) is 0.243. The Labute approximate surface area is 58.2 Å². The summed E-state index contributed by atoms with van der Waals surface area (Å²) in [4.78, 5) is 15.4. The molecule has 0 saturated carbocycles. The molecule has 0 atom stereocenters. The number of carbonyl (C=O) groups excluding carboxylic acids is 1. The molecule has 6 nitrogen and oxygen atoms in total. The Morgan fingerprint density at radius 2 is 2.30 bits per heavy atom. The molecule has 0 aromatic rings. The molecule has 0 aromatic heterocycles. The number of nitrogens with one attached hydrogen (secondary N) is 1. The third kappa shape index (κ3) is 2.88. The Hall–Kier alpha value is -1.30. The summed E-state index contributed by atoms with van der Waals surface area (Å²) in [6, 6.07) is 0. The molecule has 6 heteroatoms. The van der Waals surface area contributed by atoms with Crippen LogP contribution in [0.4, 0.5) is 0 Å². The van der Waals surface area contributed by atoms with Crippen LogP contribution in [0.15, 0.2) is 0 Å². The molecular formula is C4H10N4O2. The van der Waals surface area contributed by atoms with Crippen molar-refractivity contribution in [2.75, 3.05) is 13.6 Å². The molecule has 0 amide bonds. The number of nitrogens with zero attached hydrogens (tertiary/aromatic N) is 1. The van der Waals surface area contributed by atoms with E-state index in [1.165, 1.54) is 11.9 Å². The fourth-order valence-corrected chi connectivity index (χ4v) is 0.316. The highest BCUT2D eigenvalue weighted by Gasteiger charge is 2.06. The van der Waals surface area contributed by atoms with Crippen molar-refractivity contribution in [3.63, 3.8) is 0 Å². The summed E-state index contributed by atoms with van der Waals surface area (Å²) < 4.78 is 0. The number of rotatable bonds is 2. The normalized spacial score (nSPS) is 8.60. The largest absolute Gasteiger partial charge is 0.372 e. The van der Waals surface area contributed by atoms with Crippen LogP contribution in [0, 0.1) is 5.41 Å². The fourth-order valence-electron chi connectivity index (χ4n) is 0.316. The molecule has 0 radical (unpaired) electrons. The third-order valence-corrected chi connectivity index (χ3v) is 0.909. The monoisotopic (exact) mass is 146 g/mol. The highest BCUT2D eigenvalue weighted by molar-refractivity contribution is 5.80. The molecule has 58 valence electrons. The van der Waals surface area contributed by atoms with E-state index in [9.17, 15) is 4.79 Å². The Morgan fingerprint density at radius 1 is 1.80 bits per heavy atom. The molecule has 0 aliphatic heterocycles. The van der Waals surface area contributed by atoms with E-state index in [0.717, 1.165) is 0 Å². The Bertz CT molecular complexity index is 146. The summed E-state index contributed by atoms with van der Waals surface area (Å²) in [6.07, 6.45) is 0. The second kappa shape index (κ2) is 3.67. The first-order valence-corrected chi connectivity index (χ1v) is 2.52. The minimum absolute atomic E-state index is 0.105. The van der Waals surface area contributed by atoms with Crippen LogP contribution in [0.5, 0.6) is 0 Å². The standard InChI is InChI=1S/C4H10N4O2/c1-8(4(5)6)2-3(9)10-7/h2,7H2,1H3,(H3,5,6). The molecule has 0 saturated heterocycles. The van der Waals surface area contributed by atoms with Crippen molar-refractivity contribution in [1.82, 2.24) is 4.90 Å². The van der Waals surface area contributed by atoms with Gasteiger partial charge < -0.3 is 15.5 Å². The molecule has 0 heterocycles. The highest BCUT2D eigenvalue weighted by atomic mass is 16.7. The van der Waals surface area contributed by atoms with Crippen LogP contribution < -0.4 is 11.6 Å². The van der Waals surface area contributed by atoms with Crippen molar-refractivity contribution in [2.24, 2.45) is 11.6 Å². The Kier molecular flexibility index (Phi) is 3.20. The number of nitrogens with two attached hydrogens (primary N) is 2. The van der Waals surface area contributed by atoms with Crippen LogP contribution in [0.2, 0.25) is 0 Å². The van der Waals surface area contributed by atoms with E-state index >= 15 is 0 Å². The summed E-state index contributed by atoms with van der Waals surface area (Å²) in [5.41, 5.74) is 5.00. The minimum atomic E-state index is -0.627. The summed E-state index contributed by atoms with van der Waals surface area (Å²) in [5.74, 6) is 3.70. The maximum Gasteiger partial charge on any atom is 0.344 e. The van der Waals surface area contributed by atoms with E-state index in [1.54, 1.807) is 0 Å². The maximum absolute atomic E-state index is 10.4. The molecule has 5 N–H and O–H groups in total. The fraction of sp³-hybridized carbons (Fsp3) is 0.500. The van der Waals surface area contributed by atoms with Crippen molar-refractivity contribution in [1.29, 1.82) is 5.41 Å². The molecule has 0 fully saturated rings. The summed E-state index contributed by atoms with van der Waals surface area (Å²) >= 11 is 0. The second-order valence-corrected chi connectivity index (χ2v) is 1.73. The highest BCUT2D eigenvalue weighted by Crippen LogP contribution is 1.79. The lowest BCUT2D eigenvalue weighted by Crippen LogP contribution is -2.38. The molecule has 0 aliphatic rings. The van der Waals surface area contributed by atoms with Gasteiger partial charge in [0, 0.05) is 7.05 Å². The molecular weight excluding hydrogens is 136 g/mol. The van der Waals surface area contributed by atoms with Gasteiger partial charge in [0.25, 0.3) is 0 Å². The van der Waals surface area contributed by atoms with E-state index in [2.05, 4.69) is 10.7 Å². The number of likely N-dealkylation sites (N-methyl/N-ethyl adjacent to an activating group) is 1. The van der Waals surface area contributed by atoms with Gasteiger partial charge in [0.05, 0.1) is 0 Å². The van der Waals surface area contributed by atoms with Gasteiger partial charge in [-0.2, -0.15) is 5.90 Å². The van der Waals surface area contributed by atoms with E-state index in [-0.39, 0.29) is 12.5 Å². The molecule has 0 unspecified atom stereocenters. The Balaban J connectivity index is 3.68. The van der Waals surface area contributed by atoms with Crippen molar-refractivity contribution in [3.8, 4) is 0 Å². The number of hydrogen-bond donors (Lipinski definition) is 3. The first-order chi connectivity index (χ1) is 4.57. The summed E-state index contributed by atoms with van der Waals surface area (Å²) in [6.45, 7) is -0.105. The minimum Gasteiger partial charge on any atom is -0.372 e. The lowest BCUT2D eigenvalue weighted by atomic mass is 10.6. The Morgan fingerprint density at radius 3 is 2.60 bits per heavy atom. The van der Waals surface area contributed by atoms with Gasteiger partial charge in [-0.05, 0) is 0 Å². The predicted octanol–water partition coefficient (Wildman–Crippen LogP) is -1.77. The molecule has 0 aromatic carbocycles. The summed E-state index contributed by atoms with van der Waals surface area (Å²) in [7, 11) is 1.49. The van der Waals surface area contributed by atoms with Gasteiger partial charge in [-0.15, -0.1) is 0 Å². The average Bonchev–Trinajstić information content (AvgIpc) is 1.87. The maximum atomic E-state index is 10.4. The number of guanidine groups is 1. The molecule has 0 aliphatic carbocycles. The first-order valence-electron chi connectivity index (χ1n) is 2.52. The number of carbonyl (C=O) groups is 1. The van der Waals surface area contributed by atoms with Crippen molar-refractivity contribution in [3.05, 3.63) is 0 Å². The molecule has 0 rings (SSSR count). The van der Waals surface area contributed by atoms with Gasteiger partial charge in [0.15, 0.2) is 5.96 Å². The molecule has 0 spiro atoms. The first kappa shape index (κ1) is 8.70.